The molecule has 3 nitrogen and oxygen atoms in total. The van der Waals surface area contributed by atoms with E-state index in [1.165, 1.54) is 25.7 Å². The number of anilines is 1. The van der Waals surface area contributed by atoms with Crippen molar-refractivity contribution in [2.75, 3.05) is 11.5 Å². The second kappa shape index (κ2) is 8.67. The van der Waals surface area contributed by atoms with E-state index >= 15 is 0 Å². The number of nitrogen functional groups attached to an aromatic ring is 1. The molecule has 0 radical (unpaired) electrons. The lowest BCUT2D eigenvalue weighted by atomic mass is 10.1. The number of rotatable bonds is 9. The highest BCUT2D eigenvalue weighted by Crippen LogP contribution is 2.24. The zero-order valence-electron chi connectivity index (χ0n) is 12.1. The number of hydrogen-bond acceptors (Lipinski definition) is 3. The fourth-order valence-electron chi connectivity index (χ4n) is 2.14. The van der Waals surface area contributed by atoms with E-state index < -0.39 is 9.84 Å². The molecule has 1 aromatic rings. The smallest absolute Gasteiger partial charge is 0.180 e. The Bertz CT molecular complexity index is 515. The Hall–Kier alpha value is -0.550. The lowest BCUT2D eigenvalue weighted by Crippen LogP contribution is -2.09. The molecule has 0 saturated carbocycles. The Morgan fingerprint density at radius 1 is 1.05 bits per heavy atom. The van der Waals surface area contributed by atoms with Crippen molar-refractivity contribution >= 4 is 31.5 Å². The minimum atomic E-state index is -3.27. The molecule has 0 atom stereocenters. The maximum absolute atomic E-state index is 12.2. The van der Waals surface area contributed by atoms with Gasteiger partial charge < -0.3 is 5.73 Å². The molecule has 0 aliphatic rings. The van der Waals surface area contributed by atoms with Crippen molar-refractivity contribution in [1.29, 1.82) is 0 Å². The van der Waals surface area contributed by atoms with E-state index in [0.29, 0.717) is 12.1 Å². The van der Waals surface area contributed by atoms with Crippen molar-refractivity contribution in [3.63, 3.8) is 0 Å². The van der Waals surface area contributed by atoms with Crippen molar-refractivity contribution in [3.8, 4) is 0 Å². The van der Waals surface area contributed by atoms with Gasteiger partial charge in [-0.05, 0) is 24.6 Å². The van der Waals surface area contributed by atoms with Crippen LogP contribution in [0.1, 0.15) is 51.9 Å². The van der Waals surface area contributed by atoms with E-state index in [9.17, 15) is 8.42 Å². The molecular formula is C15H24BrNO2S. The fourth-order valence-corrected chi connectivity index (χ4v) is 4.19. The van der Waals surface area contributed by atoms with Crippen LogP contribution in [0, 0.1) is 0 Å². The molecule has 0 fully saturated rings. The standard InChI is InChI=1S/C15H24BrNO2S/c1-2-3-4-5-6-7-8-11-20(18,19)15-12-13(16)9-10-14(15)17/h9-10,12H,2-8,11,17H2,1H3. The molecule has 0 aliphatic carbocycles. The van der Waals surface area contributed by atoms with Crippen LogP contribution in [0.25, 0.3) is 0 Å². The topological polar surface area (TPSA) is 60.2 Å². The van der Waals surface area contributed by atoms with Gasteiger partial charge >= 0.3 is 0 Å². The molecule has 0 saturated heterocycles. The van der Waals surface area contributed by atoms with E-state index in [-0.39, 0.29) is 10.6 Å². The Labute approximate surface area is 131 Å². The summed E-state index contributed by atoms with van der Waals surface area (Å²) in [5.41, 5.74) is 6.09. The summed E-state index contributed by atoms with van der Waals surface area (Å²) in [6.07, 6.45) is 7.75. The monoisotopic (exact) mass is 361 g/mol. The van der Waals surface area contributed by atoms with Gasteiger partial charge in [-0.1, -0.05) is 61.4 Å². The van der Waals surface area contributed by atoms with Crippen LogP contribution in [0.5, 0.6) is 0 Å². The van der Waals surface area contributed by atoms with Gasteiger partial charge in [0.05, 0.1) is 16.3 Å². The first-order valence-electron chi connectivity index (χ1n) is 7.25. The molecule has 114 valence electrons. The molecular weight excluding hydrogens is 338 g/mol. The number of hydrogen-bond donors (Lipinski definition) is 1. The van der Waals surface area contributed by atoms with Crippen molar-refractivity contribution in [2.24, 2.45) is 0 Å². The number of unbranched alkanes of at least 4 members (excludes halogenated alkanes) is 6. The highest BCUT2D eigenvalue weighted by molar-refractivity contribution is 9.10. The van der Waals surface area contributed by atoms with E-state index in [2.05, 4.69) is 22.9 Å². The van der Waals surface area contributed by atoms with Crippen LogP contribution in [0.2, 0.25) is 0 Å². The zero-order valence-corrected chi connectivity index (χ0v) is 14.5. The maximum Gasteiger partial charge on any atom is 0.180 e. The van der Waals surface area contributed by atoms with Crippen molar-refractivity contribution in [3.05, 3.63) is 22.7 Å². The summed E-state index contributed by atoms with van der Waals surface area (Å²) < 4.78 is 25.2. The van der Waals surface area contributed by atoms with E-state index in [1.54, 1.807) is 18.2 Å². The lowest BCUT2D eigenvalue weighted by molar-refractivity contribution is 0.579. The largest absolute Gasteiger partial charge is 0.398 e. The van der Waals surface area contributed by atoms with Gasteiger partial charge in [0.15, 0.2) is 9.84 Å². The summed E-state index contributed by atoms with van der Waals surface area (Å²) in [6.45, 7) is 2.19. The van der Waals surface area contributed by atoms with Gasteiger partial charge in [-0.25, -0.2) is 8.42 Å². The number of nitrogens with two attached hydrogens (primary N) is 1. The molecule has 2 N–H and O–H groups in total. The van der Waals surface area contributed by atoms with Gasteiger partial charge in [0.25, 0.3) is 0 Å². The molecule has 5 heteroatoms. The molecule has 0 bridgehead atoms. The Kier molecular flexibility index (Phi) is 7.59. The minimum absolute atomic E-state index is 0.182. The average Bonchev–Trinajstić information content (AvgIpc) is 2.40. The van der Waals surface area contributed by atoms with Crippen LogP contribution in [-0.4, -0.2) is 14.2 Å². The van der Waals surface area contributed by atoms with Gasteiger partial charge in [0.1, 0.15) is 0 Å². The molecule has 1 aromatic carbocycles. The predicted molar refractivity (Wildman–Crippen MR) is 88.6 cm³/mol. The fraction of sp³-hybridized carbons (Fsp3) is 0.600. The van der Waals surface area contributed by atoms with E-state index in [1.807, 2.05) is 0 Å². The molecule has 1 rings (SSSR count). The zero-order chi connectivity index (χ0) is 15.0. The summed E-state index contributed by atoms with van der Waals surface area (Å²) in [5.74, 6) is 0.182. The summed E-state index contributed by atoms with van der Waals surface area (Å²) >= 11 is 3.29. The Morgan fingerprint density at radius 2 is 1.65 bits per heavy atom. The maximum atomic E-state index is 12.2. The first-order chi connectivity index (χ1) is 9.47. The highest BCUT2D eigenvalue weighted by atomic mass is 79.9. The first-order valence-corrected chi connectivity index (χ1v) is 9.69. The predicted octanol–water partition coefficient (Wildman–Crippen LogP) is 4.56. The van der Waals surface area contributed by atoms with Crippen molar-refractivity contribution in [2.45, 2.75) is 56.8 Å². The second-order valence-electron chi connectivity index (χ2n) is 5.12. The first kappa shape index (κ1) is 17.5. The number of sulfone groups is 1. The van der Waals surface area contributed by atoms with Crippen molar-refractivity contribution in [1.82, 2.24) is 0 Å². The Morgan fingerprint density at radius 3 is 2.30 bits per heavy atom. The lowest BCUT2D eigenvalue weighted by Gasteiger charge is -2.08. The van der Waals surface area contributed by atoms with Gasteiger partial charge in [-0.3, -0.25) is 0 Å². The third kappa shape index (κ3) is 5.83. The SMILES string of the molecule is CCCCCCCCCS(=O)(=O)c1cc(Br)ccc1N. The van der Waals surface area contributed by atoms with Gasteiger partial charge in [0.2, 0.25) is 0 Å². The van der Waals surface area contributed by atoms with Crippen molar-refractivity contribution < 1.29 is 8.42 Å². The number of benzene rings is 1. The molecule has 0 aromatic heterocycles. The summed E-state index contributed by atoms with van der Waals surface area (Å²) in [7, 11) is -3.27. The van der Waals surface area contributed by atoms with Gasteiger partial charge in [-0.2, -0.15) is 0 Å². The van der Waals surface area contributed by atoms with E-state index in [0.717, 1.165) is 17.3 Å². The van der Waals surface area contributed by atoms with Crippen LogP contribution in [-0.2, 0) is 9.84 Å². The molecule has 0 spiro atoms. The van der Waals surface area contributed by atoms with Crippen LogP contribution >= 0.6 is 15.9 Å². The summed E-state index contributed by atoms with van der Waals surface area (Å²) in [6, 6.07) is 4.97. The van der Waals surface area contributed by atoms with E-state index in [4.69, 9.17) is 5.73 Å². The Balaban J connectivity index is 2.44. The van der Waals surface area contributed by atoms with Crippen LogP contribution in [0.3, 0.4) is 0 Å². The summed E-state index contributed by atoms with van der Waals surface area (Å²) in [5, 5.41) is 0. The summed E-state index contributed by atoms with van der Waals surface area (Å²) in [4.78, 5) is 0.248. The molecule has 0 heterocycles. The van der Waals surface area contributed by atoms with Crippen LogP contribution in [0.15, 0.2) is 27.6 Å². The quantitative estimate of drug-likeness (QED) is 0.518. The number of halogens is 1. The highest BCUT2D eigenvalue weighted by Gasteiger charge is 2.17. The second-order valence-corrected chi connectivity index (χ2v) is 8.12. The molecule has 20 heavy (non-hydrogen) atoms. The molecule has 0 unspecified atom stereocenters. The minimum Gasteiger partial charge on any atom is -0.398 e. The van der Waals surface area contributed by atoms with Gasteiger partial charge in [-0.15, -0.1) is 0 Å². The van der Waals surface area contributed by atoms with Gasteiger partial charge in [0, 0.05) is 4.47 Å². The normalized spacial score (nSPS) is 11.7. The third-order valence-corrected chi connectivity index (χ3v) is 5.67. The average molecular weight is 362 g/mol. The van der Waals surface area contributed by atoms with Crippen LogP contribution < -0.4 is 5.73 Å². The molecule has 0 aliphatic heterocycles. The van der Waals surface area contributed by atoms with Crippen LogP contribution in [0.4, 0.5) is 5.69 Å². The molecule has 0 amide bonds. The third-order valence-electron chi connectivity index (χ3n) is 3.33.